The van der Waals surface area contributed by atoms with E-state index < -0.39 is 24.9 Å². The number of anilines is 2. The zero-order valence-electron chi connectivity index (χ0n) is 16.5. The van der Waals surface area contributed by atoms with Crippen LogP contribution in [0, 0.1) is 0 Å². The first-order valence-corrected chi connectivity index (χ1v) is 12.1. The standard InChI is InChI=1S/C20H19ClN2O6S2/c1-28-18-9-5-3-7-16(18)22-30(24,25)14-11-12-15(21)20(13-14)31(26,27)23-17-8-4-6-10-19(17)29-2/h3-13,22-23H,1-2H3. The maximum atomic E-state index is 12.9. The van der Waals surface area contributed by atoms with Crippen LogP contribution in [0.2, 0.25) is 5.02 Å². The molecule has 8 nitrogen and oxygen atoms in total. The molecule has 0 radical (unpaired) electrons. The van der Waals surface area contributed by atoms with Gasteiger partial charge in [-0.3, -0.25) is 9.44 Å². The molecule has 0 unspecified atom stereocenters. The highest BCUT2D eigenvalue weighted by Gasteiger charge is 2.24. The molecule has 0 saturated heterocycles. The van der Waals surface area contributed by atoms with E-state index in [-0.39, 0.29) is 21.3 Å². The van der Waals surface area contributed by atoms with Crippen LogP contribution in [0.1, 0.15) is 0 Å². The van der Waals surface area contributed by atoms with Gasteiger partial charge in [-0.2, -0.15) is 0 Å². The second kappa shape index (κ2) is 9.04. The van der Waals surface area contributed by atoms with Crippen molar-refractivity contribution in [2.45, 2.75) is 9.79 Å². The van der Waals surface area contributed by atoms with E-state index in [0.29, 0.717) is 11.5 Å². The van der Waals surface area contributed by atoms with E-state index in [1.165, 1.54) is 38.5 Å². The third-order valence-electron chi connectivity index (χ3n) is 4.21. The fourth-order valence-corrected chi connectivity index (χ4v) is 5.49. The van der Waals surface area contributed by atoms with E-state index in [1.807, 2.05) is 0 Å². The number of sulfonamides is 2. The molecular weight excluding hydrogens is 464 g/mol. The Kier molecular flexibility index (Phi) is 6.63. The average molecular weight is 483 g/mol. The number of hydrogen-bond acceptors (Lipinski definition) is 6. The first-order valence-electron chi connectivity index (χ1n) is 8.79. The van der Waals surface area contributed by atoms with Crippen LogP contribution < -0.4 is 18.9 Å². The molecule has 3 aromatic carbocycles. The SMILES string of the molecule is COc1ccccc1NS(=O)(=O)c1ccc(Cl)c(S(=O)(=O)Nc2ccccc2OC)c1. The van der Waals surface area contributed by atoms with E-state index >= 15 is 0 Å². The summed E-state index contributed by atoms with van der Waals surface area (Å²) in [5.41, 5.74) is 0.387. The van der Waals surface area contributed by atoms with Crippen LogP contribution in [-0.4, -0.2) is 31.1 Å². The molecule has 0 spiro atoms. The summed E-state index contributed by atoms with van der Waals surface area (Å²) >= 11 is 6.09. The highest BCUT2D eigenvalue weighted by atomic mass is 35.5. The fourth-order valence-electron chi connectivity index (χ4n) is 2.72. The Bertz CT molecular complexity index is 1310. The van der Waals surface area contributed by atoms with Crippen molar-refractivity contribution < 1.29 is 26.3 Å². The lowest BCUT2D eigenvalue weighted by Gasteiger charge is -2.15. The molecule has 3 rings (SSSR count). The van der Waals surface area contributed by atoms with Gasteiger partial charge in [0, 0.05) is 0 Å². The number of methoxy groups -OCH3 is 2. The summed E-state index contributed by atoms with van der Waals surface area (Å²) in [5.74, 6) is 0.606. The molecule has 11 heteroatoms. The number of rotatable bonds is 8. The molecule has 0 aliphatic heterocycles. The highest BCUT2D eigenvalue weighted by molar-refractivity contribution is 7.93. The van der Waals surface area contributed by atoms with Gasteiger partial charge in [0.25, 0.3) is 20.0 Å². The van der Waals surface area contributed by atoms with E-state index in [1.54, 1.807) is 36.4 Å². The third-order valence-corrected chi connectivity index (χ3v) is 7.42. The molecule has 0 aliphatic carbocycles. The maximum absolute atomic E-state index is 12.9. The van der Waals surface area contributed by atoms with Gasteiger partial charge in [-0.05, 0) is 42.5 Å². The van der Waals surface area contributed by atoms with Crippen LogP contribution in [0.5, 0.6) is 11.5 Å². The van der Waals surface area contributed by atoms with E-state index in [4.69, 9.17) is 21.1 Å². The van der Waals surface area contributed by atoms with Crippen molar-refractivity contribution in [2.75, 3.05) is 23.7 Å². The number of halogens is 1. The zero-order chi connectivity index (χ0) is 22.6. The minimum Gasteiger partial charge on any atom is -0.495 e. The van der Waals surface area contributed by atoms with Gasteiger partial charge >= 0.3 is 0 Å². The van der Waals surface area contributed by atoms with Gasteiger partial charge in [-0.25, -0.2) is 16.8 Å². The summed E-state index contributed by atoms with van der Waals surface area (Å²) in [7, 11) is -5.55. The van der Waals surface area contributed by atoms with Crippen LogP contribution in [0.4, 0.5) is 11.4 Å². The molecule has 0 amide bonds. The topological polar surface area (TPSA) is 111 Å². The van der Waals surface area contributed by atoms with Gasteiger partial charge in [0.2, 0.25) is 0 Å². The summed E-state index contributed by atoms with van der Waals surface area (Å²) in [6, 6.07) is 16.2. The fraction of sp³-hybridized carbons (Fsp3) is 0.100. The molecule has 0 heterocycles. The predicted molar refractivity (Wildman–Crippen MR) is 119 cm³/mol. The molecule has 2 N–H and O–H groups in total. The second-order valence-corrected chi connectivity index (χ2v) is 9.94. The molecule has 0 saturated carbocycles. The van der Waals surface area contributed by atoms with Gasteiger partial charge in [-0.1, -0.05) is 35.9 Å². The van der Waals surface area contributed by atoms with Crippen LogP contribution in [0.15, 0.2) is 76.5 Å². The molecule has 164 valence electrons. The zero-order valence-corrected chi connectivity index (χ0v) is 18.9. The predicted octanol–water partition coefficient (Wildman–Crippen LogP) is 3.96. The Labute approximate surface area is 185 Å². The molecule has 3 aromatic rings. The summed E-state index contributed by atoms with van der Waals surface area (Å²) in [6.45, 7) is 0. The summed E-state index contributed by atoms with van der Waals surface area (Å²) < 4.78 is 66.7. The number of ether oxygens (including phenoxy) is 2. The second-order valence-electron chi connectivity index (χ2n) is 6.20. The van der Waals surface area contributed by atoms with Crippen molar-refractivity contribution in [3.8, 4) is 11.5 Å². The summed E-state index contributed by atoms with van der Waals surface area (Å²) in [6.07, 6.45) is 0. The third kappa shape index (κ3) is 5.04. The van der Waals surface area contributed by atoms with Gasteiger partial charge in [0.1, 0.15) is 16.4 Å². The average Bonchev–Trinajstić information content (AvgIpc) is 2.74. The van der Waals surface area contributed by atoms with Crippen LogP contribution in [0.3, 0.4) is 0 Å². The normalized spacial score (nSPS) is 11.6. The molecule has 31 heavy (non-hydrogen) atoms. The highest BCUT2D eigenvalue weighted by Crippen LogP contribution is 2.31. The Morgan fingerprint density at radius 2 is 1.19 bits per heavy atom. The lowest BCUT2D eigenvalue weighted by atomic mass is 10.3. The van der Waals surface area contributed by atoms with E-state index in [2.05, 4.69) is 9.44 Å². The van der Waals surface area contributed by atoms with Crippen LogP contribution >= 0.6 is 11.6 Å². The number of para-hydroxylation sites is 4. The largest absolute Gasteiger partial charge is 0.495 e. The maximum Gasteiger partial charge on any atom is 0.263 e. The Balaban J connectivity index is 1.99. The smallest absolute Gasteiger partial charge is 0.263 e. The molecule has 0 aliphatic rings. The Hall–Kier alpha value is -2.95. The van der Waals surface area contributed by atoms with E-state index in [0.717, 1.165) is 6.07 Å². The number of hydrogen-bond donors (Lipinski definition) is 2. The van der Waals surface area contributed by atoms with Crippen molar-refractivity contribution in [1.82, 2.24) is 0 Å². The van der Waals surface area contributed by atoms with Crippen LogP contribution in [-0.2, 0) is 20.0 Å². The molecule has 0 bridgehead atoms. The van der Waals surface area contributed by atoms with Gasteiger partial charge < -0.3 is 9.47 Å². The minimum atomic E-state index is -4.22. The van der Waals surface area contributed by atoms with Crippen molar-refractivity contribution in [3.63, 3.8) is 0 Å². The molecule has 0 fully saturated rings. The Morgan fingerprint density at radius 1 is 0.710 bits per heavy atom. The summed E-state index contributed by atoms with van der Waals surface area (Å²) in [5, 5.41) is -0.140. The van der Waals surface area contributed by atoms with Crippen LogP contribution in [0.25, 0.3) is 0 Å². The molecular formula is C20H19ClN2O6S2. The van der Waals surface area contributed by atoms with Crippen molar-refractivity contribution >= 4 is 43.0 Å². The Morgan fingerprint density at radius 3 is 1.71 bits per heavy atom. The van der Waals surface area contributed by atoms with Crippen molar-refractivity contribution in [2.24, 2.45) is 0 Å². The quantitative estimate of drug-likeness (QED) is 0.502. The van der Waals surface area contributed by atoms with Crippen molar-refractivity contribution in [3.05, 3.63) is 71.8 Å². The van der Waals surface area contributed by atoms with E-state index in [9.17, 15) is 16.8 Å². The monoisotopic (exact) mass is 482 g/mol. The summed E-state index contributed by atoms with van der Waals surface area (Å²) in [4.78, 5) is -0.689. The van der Waals surface area contributed by atoms with Gasteiger partial charge in [0.05, 0.1) is 35.5 Å². The molecule has 0 atom stereocenters. The first kappa shape index (κ1) is 22.7. The number of benzene rings is 3. The molecule has 0 aromatic heterocycles. The number of nitrogens with one attached hydrogen (secondary N) is 2. The lowest BCUT2D eigenvalue weighted by molar-refractivity contribution is 0.417. The lowest BCUT2D eigenvalue weighted by Crippen LogP contribution is -2.17. The van der Waals surface area contributed by atoms with Gasteiger partial charge in [-0.15, -0.1) is 0 Å². The van der Waals surface area contributed by atoms with Crippen molar-refractivity contribution in [1.29, 1.82) is 0 Å². The first-order chi connectivity index (χ1) is 14.7. The van der Waals surface area contributed by atoms with Gasteiger partial charge in [0.15, 0.2) is 0 Å². The minimum absolute atomic E-state index is 0.140.